The van der Waals surface area contributed by atoms with Crippen LogP contribution in [0.15, 0.2) is 17.2 Å². The first-order valence-electron chi connectivity index (χ1n) is 8.64. The number of fused-ring (bicyclic) bond motifs is 1. The number of nitrogens with zero attached hydrogens (tertiary/aromatic N) is 2. The van der Waals surface area contributed by atoms with Gasteiger partial charge in [0.15, 0.2) is 16.5 Å². The highest BCUT2D eigenvalue weighted by Gasteiger charge is 2.28. The number of halogens is 1. The summed E-state index contributed by atoms with van der Waals surface area (Å²) in [6, 6.07) is 3.49. The van der Waals surface area contributed by atoms with E-state index in [2.05, 4.69) is 5.10 Å². The zero-order valence-electron chi connectivity index (χ0n) is 15.4. The van der Waals surface area contributed by atoms with Gasteiger partial charge in [-0.2, -0.15) is 5.10 Å². The fourth-order valence-electron chi connectivity index (χ4n) is 2.86. The van der Waals surface area contributed by atoms with Gasteiger partial charge < -0.3 is 14.2 Å². The van der Waals surface area contributed by atoms with Crippen LogP contribution >= 0.6 is 11.6 Å². The summed E-state index contributed by atoms with van der Waals surface area (Å²) in [5.41, 5.74) is 1.62. The lowest BCUT2D eigenvalue weighted by Gasteiger charge is -2.10. The topological polar surface area (TPSA) is 79.7 Å². The number of carbonyl (C=O) groups excluding carboxylic acids is 1. The Morgan fingerprint density at radius 2 is 2.04 bits per heavy atom. The number of carbonyl (C=O) groups is 1. The highest BCUT2D eigenvalue weighted by molar-refractivity contribution is 7.84. The van der Waals surface area contributed by atoms with Crippen molar-refractivity contribution in [3.05, 3.63) is 34.0 Å². The van der Waals surface area contributed by atoms with Crippen molar-refractivity contribution in [2.75, 3.05) is 19.7 Å². The van der Waals surface area contributed by atoms with E-state index in [-0.39, 0.29) is 24.0 Å². The largest absolute Gasteiger partial charge is 0.462 e. The van der Waals surface area contributed by atoms with Gasteiger partial charge in [-0.3, -0.25) is 8.89 Å². The second-order valence-corrected chi connectivity index (χ2v) is 7.71. The maximum absolute atomic E-state index is 12.7. The zero-order chi connectivity index (χ0) is 19.6. The molecular formula is C18H21ClN2O5S. The van der Waals surface area contributed by atoms with E-state index in [1.165, 1.54) is 6.26 Å². The predicted molar refractivity (Wildman–Crippen MR) is 101 cm³/mol. The Kier molecular flexibility index (Phi) is 6.06. The van der Waals surface area contributed by atoms with Gasteiger partial charge in [-0.05, 0) is 25.0 Å². The number of aryl methyl sites for hydroxylation is 1. The molecule has 0 fully saturated rings. The molecule has 7 nitrogen and oxygen atoms in total. The van der Waals surface area contributed by atoms with Gasteiger partial charge in [-0.15, -0.1) is 0 Å². The second kappa shape index (κ2) is 8.31. The van der Waals surface area contributed by atoms with E-state index in [0.29, 0.717) is 41.6 Å². The third kappa shape index (κ3) is 3.96. The van der Waals surface area contributed by atoms with Crippen molar-refractivity contribution < 1.29 is 23.2 Å². The first-order valence-corrected chi connectivity index (χ1v) is 10.6. The lowest BCUT2D eigenvalue weighted by Crippen LogP contribution is -2.12. The van der Waals surface area contributed by atoms with Gasteiger partial charge in [0.1, 0.15) is 5.56 Å². The van der Waals surface area contributed by atoms with Crippen molar-refractivity contribution in [2.24, 2.45) is 0 Å². The van der Waals surface area contributed by atoms with Gasteiger partial charge in [-0.25, -0.2) is 4.79 Å². The molecule has 1 unspecified atom stereocenters. The standard InChI is InChI=1S/C18H21ClN2O5S/c1-4-6-24-18(22)16-13(21(5-2)20-17(16)27(3)23)7-11-8-14-15(9-12(11)19)26-10-25-14/h8-9H,4-7,10H2,1-3H3. The SMILES string of the molecule is CCCOC(=O)c1c(S(C)=O)nn(CC)c1Cc1cc2c(cc1Cl)OCO2. The van der Waals surface area contributed by atoms with Crippen LogP contribution in [-0.2, 0) is 28.5 Å². The first kappa shape index (κ1) is 19.7. The van der Waals surface area contributed by atoms with Crippen LogP contribution in [0.5, 0.6) is 11.5 Å². The fraction of sp³-hybridized carbons (Fsp3) is 0.444. The van der Waals surface area contributed by atoms with Crippen LogP contribution in [0.4, 0.5) is 0 Å². The number of esters is 1. The third-order valence-electron chi connectivity index (χ3n) is 4.14. The van der Waals surface area contributed by atoms with E-state index in [9.17, 15) is 9.00 Å². The molecule has 0 bridgehead atoms. The Morgan fingerprint density at radius 3 is 2.67 bits per heavy atom. The number of hydrogen-bond donors (Lipinski definition) is 0. The molecule has 146 valence electrons. The summed E-state index contributed by atoms with van der Waals surface area (Å²) in [5, 5.41) is 5.09. The molecule has 2 aromatic rings. The molecule has 0 aliphatic carbocycles. The van der Waals surface area contributed by atoms with Crippen LogP contribution in [-0.4, -0.2) is 39.6 Å². The number of ether oxygens (including phenoxy) is 3. The van der Waals surface area contributed by atoms with Crippen molar-refractivity contribution in [2.45, 2.75) is 38.3 Å². The van der Waals surface area contributed by atoms with E-state index in [0.717, 1.165) is 5.56 Å². The number of rotatable bonds is 7. The van der Waals surface area contributed by atoms with Gasteiger partial charge in [0.05, 0.1) is 23.1 Å². The Bertz CT molecular complexity index is 896. The van der Waals surface area contributed by atoms with Gasteiger partial charge in [0.2, 0.25) is 6.79 Å². The summed E-state index contributed by atoms with van der Waals surface area (Å²) >= 11 is 6.40. The first-order chi connectivity index (χ1) is 13.0. The minimum absolute atomic E-state index is 0.148. The molecule has 9 heteroatoms. The van der Waals surface area contributed by atoms with Crippen molar-refractivity contribution in [3.63, 3.8) is 0 Å². The van der Waals surface area contributed by atoms with Crippen LogP contribution in [0.3, 0.4) is 0 Å². The van der Waals surface area contributed by atoms with Crippen LogP contribution < -0.4 is 9.47 Å². The monoisotopic (exact) mass is 412 g/mol. The molecule has 1 aromatic heterocycles. The van der Waals surface area contributed by atoms with Crippen molar-refractivity contribution >= 4 is 28.4 Å². The summed E-state index contributed by atoms with van der Waals surface area (Å²) in [6.45, 7) is 4.77. The fourth-order valence-corrected chi connectivity index (χ4v) is 3.78. The summed E-state index contributed by atoms with van der Waals surface area (Å²) in [7, 11) is -1.43. The Balaban J connectivity index is 2.06. The van der Waals surface area contributed by atoms with Crippen LogP contribution in [0.1, 0.15) is 41.9 Å². The average Bonchev–Trinajstić information content (AvgIpc) is 3.23. The molecule has 0 amide bonds. The quantitative estimate of drug-likeness (QED) is 0.650. The number of hydrogen-bond acceptors (Lipinski definition) is 6. The minimum Gasteiger partial charge on any atom is -0.462 e. The second-order valence-electron chi connectivity index (χ2n) is 6.01. The summed E-state index contributed by atoms with van der Waals surface area (Å²) in [5.74, 6) is 0.672. The minimum atomic E-state index is -1.43. The van der Waals surface area contributed by atoms with Gasteiger partial charge in [0, 0.05) is 30.3 Å². The number of aromatic nitrogens is 2. The maximum Gasteiger partial charge on any atom is 0.342 e. The van der Waals surface area contributed by atoms with E-state index in [1.807, 2.05) is 13.8 Å². The van der Waals surface area contributed by atoms with Crippen LogP contribution in [0.25, 0.3) is 0 Å². The molecule has 0 saturated carbocycles. The highest BCUT2D eigenvalue weighted by Crippen LogP contribution is 2.38. The Morgan fingerprint density at radius 1 is 1.33 bits per heavy atom. The molecule has 1 atom stereocenters. The van der Waals surface area contributed by atoms with Crippen molar-refractivity contribution in [1.82, 2.24) is 9.78 Å². The maximum atomic E-state index is 12.7. The zero-order valence-corrected chi connectivity index (χ0v) is 17.0. The molecular weight excluding hydrogens is 392 g/mol. The third-order valence-corrected chi connectivity index (χ3v) is 5.32. The molecule has 1 aliphatic rings. The van der Waals surface area contributed by atoms with E-state index < -0.39 is 16.8 Å². The van der Waals surface area contributed by atoms with Gasteiger partial charge >= 0.3 is 5.97 Å². The summed E-state index contributed by atoms with van der Waals surface area (Å²) in [6.07, 6.45) is 2.52. The Hall–Kier alpha value is -2.06. The molecule has 0 spiro atoms. The van der Waals surface area contributed by atoms with Gasteiger partial charge in [-0.1, -0.05) is 18.5 Å². The lowest BCUT2D eigenvalue weighted by atomic mass is 10.1. The molecule has 0 saturated heterocycles. The van der Waals surface area contributed by atoms with Crippen LogP contribution in [0, 0.1) is 0 Å². The molecule has 0 N–H and O–H groups in total. The molecule has 1 aromatic carbocycles. The van der Waals surface area contributed by atoms with E-state index >= 15 is 0 Å². The summed E-state index contributed by atoms with van der Waals surface area (Å²) in [4.78, 5) is 12.7. The van der Waals surface area contributed by atoms with Gasteiger partial charge in [0.25, 0.3) is 0 Å². The highest BCUT2D eigenvalue weighted by atomic mass is 35.5. The lowest BCUT2D eigenvalue weighted by molar-refractivity contribution is 0.0499. The van der Waals surface area contributed by atoms with E-state index in [4.69, 9.17) is 25.8 Å². The van der Waals surface area contributed by atoms with Crippen molar-refractivity contribution in [3.8, 4) is 11.5 Å². The number of benzene rings is 1. The average molecular weight is 413 g/mol. The molecule has 0 radical (unpaired) electrons. The Labute approximate surface area is 165 Å². The van der Waals surface area contributed by atoms with E-state index in [1.54, 1.807) is 16.8 Å². The van der Waals surface area contributed by atoms with Crippen molar-refractivity contribution in [1.29, 1.82) is 0 Å². The van der Waals surface area contributed by atoms with Crippen LogP contribution in [0.2, 0.25) is 5.02 Å². The molecule has 27 heavy (non-hydrogen) atoms. The predicted octanol–water partition coefficient (Wildman–Crippen LogP) is 3.18. The smallest absolute Gasteiger partial charge is 0.342 e. The molecule has 1 aliphatic heterocycles. The molecule has 2 heterocycles. The summed E-state index contributed by atoms with van der Waals surface area (Å²) < 4.78 is 29.9. The molecule has 3 rings (SSSR count). The normalized spacial score (nSPS) is 13.6.